The van der Waals surface area contributed by atoms with E-state index < -0.39 is 0 Å². The number of carbonyl (C=O) groups excluding carboxylic acids is 1. The van der Waals surface area contributed by atoms with Crippen molar-refractivity contribution in [3.63, 3.8) is 0 Å². The van der Waals surface area contributed by atoms with E-state index in [0.717, 1.165) is 48.2 Å². The average Bonchev–Trinajstić information content (AvgIpc) is 3.01. The summed E-state index contributed by atoms with van der Waals surface area (Å²) in [7, 11) is 0. The van der Waals surface area contributed by atoms with Crippen LogP contribution in [0.5, 0.6) is 5.75 Å². The Morgan fingerprint density at radius 2 is 1.81 bits per heavy atom. The maximum atomic E-state index is 11.9. The summed E-state index contributed by atoms with van der Waals surface area (Å²) in [4.78, 5) is 11.9. The summed E-state index contributed by atoms with van der Waals surface area (Å²) in [5.41, 5.74) is 3.32. The number of esters is 1. The number of ether oxygens (including phenoxy) is 2. The Hall–Kier alpha value is -2.75. The summed E-state index contributed by atoms with van der Waals surface area (Å²) in [6.07, 6.45) is 4.56. The van der Waals surface area contributed by atoms with Crippen LogP contribution >= 0.6 is 0 Å². The second-order valence-corrected chi connectivity index (χ2v) is 6.63. The number of carbonyl (C=O) groups is 1. The van der Waals surface area contributed by atoms with E-state index in [9.17, 15) is 4.79 Å². The second-order valence-electron chi connectivity index (χ2n) is 6.63. The normalized spacial score (nSPS) is 10.9. The van der Waals surface area contributed by atoms with Crippen molar-refractivity contribution >= 4 is 16.9 Å². The second kappa shape index (κ2) is 9.26. The summed E-state index contributed by atoms with van der Waals surface area (Å²) in [6.45, 7) is 5.90. The standard InChI is InChI=1S/C23H27NO3/c1-3-5-14-27-20-12-10-18(11-13-20)16-24-17-19(15-23(25)26-4-2)21-8-6-7-9-22(21)24/h6-13,17H,3-5,14-16H2,1-2H3. The largest absolute Gasteiger partial charge is 0.494 e. The van der Waals surface area contributed by atoms with E-state index >= 15 is 0 Å². The Kier molecular flexibility index (Phi) is 6.53. The van der Waals surface area contributed by atoms with Crippen LogP contribution < -0.4 is 4.74 Å². The molecule has 0 amide bonds. The number of benzene rings is 2. The fourth-order valence-corrected chi connectivity index (χ4v) is 3.18. The van der Waals surface area contributed by atoms with Crippen LogP contribution in [0.1, 0.15) is 37.8 Å². The minimum Gasteiger partial charge on any atom is -0.494 e. The van der Waals surface area contributed by atoms with Gasteiger partial charge in [0.1, 0.15) is 5.75 Å². The van der Waals surface area contributed by atoms with Crippen molar-refractivity contribution in [1.82, 2.24) is 4.57 Å². The highest BCUT2D eigenvalue weighted by Gasteiger charge is 2.12. The third-order valence-corrected chi connectivity index (χ3v) is 4.55. The third kappa shape index (κ3) is 4.91. The molecule has 0 N–H and O–H groups in total. The molecule has 27 heavy (non-hydrogen) atoms. The van der Waals surface area contributed by atoms with E-state index in [-0.39, 0.29) is 5.97 Å². The van der Waals surface area contributed by atoms with Gasteiger partial charge in [-0.05, 0) is 42.7 Å². The van der Waals surface area contributed by atoms with Crippen molar-refractivity contribution in [3.8, 4) is 5.75 Å². The lowest BCUT2D eigenvalue weighted by molar-refractivity contribution is -0.142. The zero-order chi connectivity index (χ0) is 19.1. The first-order valence-corrected chi connectivity index (χ1v) is 9.65. The maximum absolute atomic E-state index is 11.9. The van der Waals surface area contributed by atoms with Crippen molar-refractivity contribution in [2.24, 2.45) is 0 Å². The number of hydrogen-bond acceptors (Lipinski definition) is 3. The van der Waals surface area contributed by atoms with Crippen LogP contribution in [0.3, 0.4) is 0 Å². The van der Waals surface area contributed by atoms with Crippen LogP contribution in [0.15, 0.2) is 54.7 Å². The van der Waals surface area contributed by atoms with Crippen LogP contribution in [0.2, 0.25) is 0 Å². The molecule has 0 spiro atoms. The highest BCUT2D eigenvalue weighted by atomic mass is 16.5. The first kappa shape index (κ1) is 19.0. The number of aromatic nitrogens is 1. The smallest absolute Gasteiger partial charge is 0.310 e. The van der Waals surface area contributed by atoms with Crippen LogP contribution in [0.25, 0.3) is 10.9 Å². The van der Waals surface area contributed by atoms with E-state index in [4.69, 9.17) is 9.47 Å². The van der Waals surface area contributed by atoms with Crippen LogP contribution in [0.4, 0.5) is 0 Å². The highest BCUT2D eigenvalue weighted by Crippen LogP contribution is 2.24. The van der Waals surface area contributed by atoms with Gasteiger partial charge in [0.15, 0.2) is 0 Å². The fraction of sp³-hybridized carbons (Fsp3) is 0.348. The summed E-state index contributed by atoms with van der Waals surface area (Å²) in [6, 6.07) is 16.4. The maximum Gasteiger partial charge on any atom is 0.310 e. The molecular weight excluding hydrogens is 338 g/mol. The number of nitrogens with zero attached hydrogens (tertiary/aromatic N) is 1. The van der Waals surface area contributed by atoms with Gasteiger partial charge in [0.2, 0.25) is 0 Å². The van der Waals surface area contributed by atoms with Crippen molar-refractivity contribution in [2.45, 2.75) is 39.7 Å². The van der Waals surface area contributed by atoms with Gasteiger partial charge in [-0.25, -0.2) is 0 Å². The molecule has 0 saturated heterocycles. The lowest BCUT2D eigenvalue weighted by atomic mass is 10.1. The fourth-order valence-electron chi connectivity index (χ4n) is 3.18. The monoisotopic (exact) mass is 365 g/mol. The topological polar surface area (TPSA) is 40.5 Å². The number of rotatable bonds is 9. The average molecular weight is 365 g/mol. The Labute approximate surface area is 160 Å². The predicted octanol–water partition coefficient (Wildman–Crippen LogP) is 4.97. The van der Waals surface area contributed by atoms with E-state index in [2.05, 4.69) is 42.0 Å². The van der Waals surface area contributed by atoms with Crippen LogP contribution in [-0.4, -0.2) is 23.8 Å². The number of para-hydroxylation sites is 1. The lowest BCUT2D eigenvalue weighted by Gasteiger charge is -2.08. The Bertz CT molecular complexity index is 880. The third-order valence-electron chi connectivity index (χ3n) is 4.55. The molecule has 1 heterocycles. The Balaban J connectivity index is 1.77. The molecule has 0 aliphatic rings. The Morgan fingerprint density at radius 3 is 2.56 bits per heavy atom. The minimum absolute atomic E-state index is 0.186. The Morgan fingerprint density at radius 1 is 1.04 bits per heavy atom. The van der Waals surface area contributed by atoms with Gasteiger partial charge in [0, 0.05) is 23.6 Å². The minimum atomic E-state index is -0.186. The molecule has 0 fully saturated rings. The van der Waals surface area contributed by atoms with Gasteiger partial charge >= 0.3 is 5.97 Å². The van der Waals surface area contributed by atoms with E-state index in [1.165, 1.54) is 5.56 Å². The van der Waals surface area contributed by atoms with Gasteiger partial charge in [-0.1, -0.05) is 43.7 Å². The highest BCUT2D eigenvalue weighted by molar-refractivity contribution is 5.88. The van der Waals surface area contributed by atoms with E-state index in [0.29, 0.717) is 13.0 Å². The van der Waals surface area contributed by atoms with Crippen LogP contribution in [0, 0.1) is 0 Å². The molecule has 1 aromatic heterocycles. The first-order chi connectivity index (χ1) is 13.2. The predicted molar refractivity (Wildman–Crippen MR) is 108 cm³/mol. The quantitative estimate of drug-likeness (QED) is 0.397. The molecule has 0 atom stereocenters. The van der Waals surface area contributed by atoms with Gasteiger partial charge < -0.3 is 14.0 Å². The molecule has 0 bridgehead atoms. The molecule has 4 nitrogen and oxygen atoms in total. The van der Waals surface area contributed by atoms with Crippen molar-refractivity contribution in [3.05, 3.63) is 65.9 Å². The summed E-state index contributed by atoms with van der Waals surface area (Å²) in [5, 5.41) is 1.10. The molecule has 2 aromatic carbocycles. The van der Waals surface area contributed by atoms with Crippen molar-refractivity contribution in [1.29, 1.82) is 0 Å². The zero-order valence-electron chi connectivity index (χ0n) is 16.1. The summed E-state index contributed by atoms with van der Waals surface area (Å²) < 4.78 is 13.0. The van der Waals surface area contributed by atoms with Gasteiger partial charge in [0.05, 0.1) is 19.6 Å². The van der Waals surface area contributed by atoms with Crippen molar-refractivity contribution in [2.75, 3.05) is 13.2 Å². The molecule has 0 radical (unpaired) electrons. The van der Waals surface area contributed by atoms with E-state index in [1.54, 1.807) is 0 Å². The van der Waals surface area contributed by atoms with Crippen LogP contribution in [-0.2, 0) is 22.5 Å². The molecule has 142 valence electrons. The molecule has 0 aliphatic heterocycles. The van der Waals surface area contributed by atoms with Gasteiger partial charge in [0.25, 0.3) is 0 Å². The van der Waals surface area contributed by atoms with Gasteiger partial charge in [-0.3, -0.25) is 4.79 Å². The molecule has 3 aromatic rings. The molecule has 0 unspecified atom stereocenters. The molecular formula is C23H27NO3. The molecule has 0 saturated carbocycles. The molecule has 4 heteroatoms. The molecule has 0 aliphatic carbocycles. The van der Waals surface area contributed by atoms with Gasteiger partial charge in [-0.15, -0.1) is 0 Å². The van der Waals surface area contributed by atoms with Gasteiger partial charge in [-0.2, -0.15) is 0 Å². The number of hydrogen-bond donors (Lipinski definition) is 0. The number of unbranched alkanes of at least 4 members (excludes halogenated alkanes) is 1. The van der Waals surface area contributed by atoms with E-state index in [1.807, 2.05) is 31.2 Å². The number of fused-ring (bicyclic) bond motifs is 1. The lowest BCUT2D eigenvalue weighted by Crippen LogP contribution is -2.07. The summed E-state index contributed by atoms with van der Waals surface area (Å²) in [5.74, 6) is 0.724. The SMILES string of the molecule is CCCCOc1ccc(Cn2cc(CC(=O)OCC)c3ccccc32)cc1. The summed E-state index contributed by atoms with van der Waals surface area (Å²) >= 11 is 0. The zero-order valence-corrected chi connectivity index (χ0v) is 16.1. The van der Waals surface area contributed by atoms with Crippen molar-refractivity contribution < 1.29 is 14.3 Å². The molecule has 3 rings (SSSR count). The first-order valence-electron chi connectivity index (χ1n) is 9.65.